The zero-order chi connectivity index (χ0) is 35.6. The minimum atomic E-state index is 0.162. The maximum absolute atomic E-state index is 5.25. The minimum Gasteiger partial charge on any atom is -0.292 e. The number of hydrogen-bond acceptors (Lipinski definition) is 1. The summed E-state index contributed by atoms with van der Waals surface area (Å²) in [5, 5.41) is 0. The molecule has 53 heavy (non-hydrogen) atoms. The van der Waals surface area contributed by atoms with Gasteiger partial charge >= 0.3 is 0 Å². The molecule has 1 aliphatic carbocycles. The summed E-state index contributed by atoms with van der Waals surface area (Å²) in [6, 6.07) is 59.8. The van der Waals surface area contributed by atoms with Gasteiger partial charge in [0.2, 0.25) is 5.69 Å². The molecule has 2 atom stereocenters. The van der Waals surface area contributed by atoms with E-state index in [1.807, 2.05) is 0 Å². The summed E-state index contributed by atoms with van der Waals surface area (Å²) in [6.07, 6.45) is 7.13. The smallest absolute Gasteiger partial charge is 0.213 e. The Kier molecular flexibility index (Phi) is 7.33. The molecular weight excluding hydrogens is 643 g/mol. The van der Waals surface area contributed by atoms with Gasteiger partial charge in [-0.3, -0.25) is 4.57 Å². The standard InChI is InChI=1S/C50H42N3/c1-3-49-27-28-50(49,4-2)52-29-14-13-23-46(52)43-34-38(25-26-44(43)49)36-18-15-19-37(30-36)40-31-39(35-16-7-5-8-17-35)32-41(33-40)48-51-45-22-11-12-24-47(45)53(48)42-20-9-6-10-21-42/h5-26,29-34H,3-4,27-28H2,1-2H3/q+1. The number of fused-ring (bicyclic) bond motifs is 7. The highest BCUT2D eigenvalue weighted by molar-refractivity contribution is 5.87. The van der Waals surface area contributed by atoms with E-state index in [0.717, 1.165) is 41.0 Å². The molecule has 3 heteroatoms. The van der Waals surface area contributed by atoms with Crippen LogP contribution in [0.2, 0.25) is 0 Å². The number of para-hydroxylation sites is 3. The van der Waals surface area contributed by atoms with Crippen molar-refractivity contribution in [1.29, 1.82) is 0 Å². The van der Waals surface area contributed by atoms with Crippen LogP contribution in [0.25, 0.3) is 72.7 Å². The van der Waals surface area contributed by atoms with Gasteiger partial charge in [-0.25, -0.2) is 4.98 Å². The van der Waals surface area contributed by atoms with E-state index in [1.54, 1.807) is 0 Å². The van der Waals surface area contributed by atoms with Crippen molar-refractivity contribution in [2.75, 3.05) is 0 Å². The van der Waals surface area contributed by atoms with E-state index in [-0.39, 0.29) is 11.0 Å². The molecule has 8 aromatic rings. The SMILES string of the molecule is CCC12CCC1(CC)[n+]1ccccc1-c1cc(-c3cccc(-c4cc(-c5ccccc5)cc(-c5nc6ccccc6n5-c5ccccc5)c4)c3)ccc12. The van der Waals surface area contributed by atoms with Gasteiger partial charge < -0.3 is 0 Å². The van der Waals surface area contributed by atoms with Gasteiger partial charge in [-0.2, -0.15) is 4.57 Å². The predicted molar refractivity (Wildman–Crippen MR) is 218 cm³/mol. The lowest BCUT2D eigenvalue weighted by molar-refractivity contribution is -0.783. The molecule has 2 aliphatic rings. The molecule has 2 aromatic heterocycles. The van der Waals surface area contributed by atoms with Crippen LogP contribution in [0.3, 0.4) is 0 Å². The summed E-state index contributed by atoms with van der Waals surface area (Å²) >= 11 is 0. The highest BCUT2D eigenvalue weighted by Gasteiger charge is 2.68. The Bertz CT molecular complexity index is 2650. The quantitative estimate of drug-likeness (QED) is 0.153. The average Bonchev–Trinajstić information content (AvgIpc) is 3.62. The lowest BCUT2D eigenvalue weighted by atomic mass is 9.47. The monoisotopic (exact) mass is 684 g/mol. The summed E-state index contributed by atoms with van der Waals surface area (Å²) < 4.78 is 4.92. The topological polar surface area (TPSA) is 21.7 Å². The molecule has 0 amide bonds. The van der Waals surface area contributed by atoms with Crippen molar-refractivity contribution >= 4 is 11.0 Å². The molecule has 0 N–H and O–H groups in total. The first-order valence-electron chi connectivity index (χ1n) is 19.1. The highest BCUT2D eigenvalue weighted by atomic mass is 15.1. The Balaban J connectivity index is 1.13. The van der Waals surface area contributed by atoms with Crippen molar-refractivity contribution < 1.29 is 4.57 Å². The molecule has 0 spiro atoms. The van der Waals surface area contributed by atoms with Gasteiger partial charge in [0.05, 0.1) is 22.0 Å². The predicted octanol–water partition coefficient (Wildman–Crippen LogP) is 12.2. The number of pyridine rings is 1. The van der Waals surface area contributed by atoms with Crippen LogP contribution in [0.1, 0.15) is 45.1 Å². The van der Waals surface area contributed by atoms with E-state index in [0.29, 0.717) is 0 Å². The van der Waals surface area contributed by atoms with Crippen LogP contribution in [0.4, 0.5) is 0 Å². The van der Waals surface area contributed by atoms with E-state index >= 15 is 0 Å². The van der Waals surface area contributed by atoms with Crippen molar-refractivity contribution in [3.8, 4) is 61.7 Å². The second kappa shape index (κ2) is 12.3. The van der Waals surface area contributed by atoms with Crippen LogP contribution >= 0.6 is 0 Å². The van der Waals surface area contributed by atoms with E-state index in [4.69, 9.17) is 4.98 Å². The normalized spacial score (nSPS) is 18.5. The molecule has 256 valence electrons. The summed E-state index contributed by atoms with van der Waals surface area (Å²) in [7, 11) is 0. The van der Waals surface area contributed by atoms with E-state index in [9.17, 15) is 0 Å². The van der Waals surface area contributed by atoms with Crippen molar-refractivity contribution in [3.05, 3.63) is 176 Å². The highest BCUT2D eigenvalue weighted by Crippen LogP contribution is 2.61. The molecule has 2 unspecified atom stereocenters. The molecule has 3 nitrogen and oxygen atoms in total. The van der Waals surface area contributed by atoms with Gasteiger partial charge in [-0.05, 0) is 112 Å². The molecule has 3 heterocycles. The number of aromatic nitrogens is 3. The summed E-state index contributed by atoms with van der Waals surface area (Å²) in [6.45, 7) is 4.78. The Morgan fingerprint density at radius 3 is 1.94 bits per heavy atom. The number of rotatable bonds is 7. The number of hydrogen-bond donors (Lipinski definition) is 0. The second-order valence-corrected chi connectivity index (χ2v) is 14.9. The summed E-state index contributed by atoms with van der Waals surface area (Å²) in [4.78, 5) is 5.25. The molecule has 10 rings (SSSR count). The van der Waals surface area contributed by atoms with Gasteiger partial charge in [0.15, 0.2) is 11.7 Å². The summed E-state index contributed by atoms with van der Waals surface area (Å²) in [5.41, 5.74) is 16.0. The average molecular weight is 685 g/mol. The second-order valence-electron chi connectivity index (χ2n) is 14.9. The number of imidazole rings is 1. The molecular formula is C50H42N3+. The van der Waals surface area contributed by atoms with Crippen LogP contribution in [0.5, 0.6) is 0 Å². The maximum Gasteiger partial charge on any atom is 0.213 e. The first-order chi connectivity index (χ1) is 26.1. The van der Waals surface area contributed by atoms with Crippen LogP contribution in [-0.2, 0) is 11.0 Å². The third-order valence-corrected chi connectivity index (χ3v) is 12.6. The Hall–Kier alpha value is -6.06. The molecule has 1 fully saturated rings. The lowest BCUT2D eigenvalue weighted by Crippen LogP contribution is -2.75. The third-order valence-electron chi connectivity index (χ3n) is 12.6. The van der Waals surface area contributed by atoms with Crippen LogP contribution in [0, 0.1) is 0 Å². The zero-order valence-corrected chi connectivity index (χ0v) is 30.3. The van der Waals surface area contributed by atoms with Gasteiger partial charge in [-0.1, -0.05) is 105 Å². The summed E-state index contributed by atoms with van der Waals surface area (Å²) in [5.74, 6) is 0.933. The van der Waals surface area contributed by atoms with Gasteiger partial charge in [-0.15, -0.1) is 0 Å². The van der Waals surface area contributed by atoms with Gasteiger partial charge in [0, 0.05) is 36.2 Å². The largest absolute Gasteiger partial charge is 0.292 e. The maximum atomic E-state index is 5.25. The van der Waals surface area contributed by atoms with Crippen LogP contribution in [-0.4, -0.2) is 9.55 Å². The van der Waals surface area contributed by atoms with Crippen molar-refractivity contribution in [3.63, 3.8) is 0 Å². The van der Waals surface area contributed by atoms with Crippen LogP contribution in [0.15, 0.2) is 170 Å². The Morgan fingerprint density at radius 1 is 0.547 bits per heavy atom. The van der Waals surface area contributed by atoms with Gasteiger partial charge in [0.25, 0.3) is 0 Å². The first kappa shape index (κ1) is 31.7. The van der Waals surface area contributed by atoms with Crippen molar-refractivity contribution in [1.82, 2.24) is 9.55 Å². The third kappa shape index (κ3) is 4.73. The fourth-order valence-electron chi connectivity index (χ4n) is 9.88. The van der Waals surface area contributed by atoms with Crippen molar-refractivity contribution in [2.24, 2.45) is 0 Å². The molecule has 0 bridgehead atoms. The van der Waals surface area contributed by atoms with E-state index in [2.05, 4.69) is 193 Å². The minimum absolute atomic E-state index is 0.162. The number of nitrogens with zero attached hydrogens (tertiary/aromatic N) is 3. The zero-order valence-electron chi connectivity index (χ0n) is 30.3. The fraction of sp³-hybridized carbons (Fsp3) is 0.160. The fourth-order valence-corrected chi connectivity index (χ4v) is 9.88. The molecule has 1 aliphatic heterocycles. The molecule has 0 radical (unpaired) electrons. The van der Waals surface area contributed by atoms with E-state index < -0.39 is 0 Å². The molecule has 0 saturated heterocycles. The molecule has 6 aromatic carbocycles. The van der Waals surface area contributed by atoms with E-state index in [1.165, 1.54) is 63.0 Å². The Labute approximate surface area is 311 Å². The van der Waals surface area contributed by atoms with Gasteiger partial charge in [0.1, 0.15) is 5.82 Å². The van der Waals surface area contributed by atoms with Crippen LogP contribution < -0.4 is 4.57 Å². The Morgan fingerprint density at radius 2 is 1.19 bits per heavy atom. The van der Waals surface area contributed by atoms with Crippen molar-refractivity contribution in [2.45, 2.75) is 50.5 Å². The first-order valence-corrected chi connectivity index (χ1v) is 19.1. The number of benzene rings is 6. The lowest BCUT2D eigenvalue weighted by Gasteiger charge is -2.57. The molecule has 1 saturated carbocycles.